The molecule has 4 rings (SSSR count). The Bertz CT molecular complexity index is 823. The number of rotatable bonds is 3. The minimum Gasteiger partial charge on any atom is -0.296 e. The highest BCUT2D eigenvalue weighted by Gasteiger charge is 2.34. The summed E-state index contributed by atoms with van der Waals surface area (Å²) in [7, 11) is -3.51. The molecule has 1 aromatic heterocycles. The maximum absolute atomic E-state index is 12.5. The zero-order valence-electron chi connectivity index (χ0n) is 13.4. The molecule has 1 aromatic carbocycles. The topological polar surface area (TPSA) is 62.3 Å². The highest BCUT2D eigenvalue weighted by Crippen LogP contribution is 2.36. The summed E-state index contributed by atoms with van der Waals surface area (Å²) in [6, 6.07) is 12.0. The number of nitrogens with zero attached hydrogens (tertiary/aromatic N) is 2. The van der Waals surface area contributed by atoms with E-state index in [9.17, 15) is 8.42 Å². The van der Waals surface area contributed by atoms with Crippen LogP contribution in [-0.2, 0) is 16.4 Å². The lowest BCUT2D eigenvalue weighted by Crippen LogP contribution is -2.48. The molecule has 1 N–H and O–H groups in total. The van der Waals surface area contributed by atoms with E-state index in [1.165, 1.54) is 17.3 Å². The van der Waals surface area contributed by atoms with E-state index in [0.717, 1.165) is 32.4 Å². The summed E-state index contributed by atoms with van der Waals surface area (Å²) >= 11 is 0. The average Bonchev–Trinajstić information content (AvgIpc) is 2.62. The molecule has 2 aliphatic heterocycles. The van der Waals surface area contributed by atoms with Gasteiger partial charge in [0.2, 0.25) is 10.0 Å². The van der Waals surface area contributed by atoms with Crippen LogP contribution >= 0.6 is 0 Å². The molecule has 5 nitrogen and oxygen atoms in total. The fourth-order valence-corrected chi connectivity index (χ4v) is 5.10. The van der Waals surface area contributed by atoms with E-state index < -0.39 is 10.0 Å². The Hall–Kier alpha value is -1.76. The summed E-state index contributed by atoms with van der Waals surface area (Å²) in [5, 5.41) is 0. The molecule has 6 heteroatoms. The highest BCUT2D eigenvalue weighted by atomic mass is 32.2. The molecule has 2 aliphatic rings. The molecule has 2 aromatic rings. The quantitative estimate of drug-likeness (QED) is 0.927. The normalized spacial score (nSPS) is 24.2. The molecule has 0 bridgehead atoms. The van der Waals surface area contributed by atoms with E-state index >= 15 is 0 Å². The largest absolute Gasteiger partial charge is 0.296 e. The van der Waals surface area contributed by atoms with Crippen LogP contribution in [0.4, 0.5) is 0 Å². The second-order valence-electron chi connectivity index (χ2n) is 6.53. The first kappa shape index (κ1) is 15.7. The SMILES string of the molecule is O=S(=O)(NC1CCN2CCc3ccccc3C2C1)c1cccnc1. The van der Waals surface area contributed by atoms with E-state index in [0.29, 0.717) is 6.04 Å². The van der Waals surface area contributed by atoms with Gasteiger partial charge in [-0.25, -0.2) is 13.1 Å². The van der Waals surface area contributed by atoms with Gasteiger partial charge in [-0.15, -0.1) is 0 Å². The summed E-state index contributed by atoms with van der Waals surface area (Å²) in [6.07, 6.45) is 5.72. The lowest BCUT2D eigenvalue weighted by Gasteiger charge is -2.43. The average molecular weight is 343 g/mol. The van der Waals surface area contributed by atoms with Gasteiger partial charge in [-0.2, -0.15) is 0 Å². The molecule has 0 radical (unpaired) electrons. The zero-order chi connectivity index (χ0) is 16.6. The first-order valence-corrected chi connectivity index (χ1v) is 9.86. The van der Waals surface area contributed by atoms with Crippen molar-refractivity contribution in [3.8, 4) is 0 Å². The number of benzene rings is 1. The minimum absolute atomic E-state index is 0.0392. The number of sulfonamides is 1. The van der Waals surface area contributed by atoms with Crippen molar-refractivity contribution < 1.29 is 8.42 Å². The Morgan fingerprint density at radius 1 is 1.12 bits per heavy atom. The van der Waals surface area contributed by atoms with Crippen molar-refractivity contribution in [2.45, 2.75) is 36.2 Å². The van der Waals surface area contributed by atoms with Crippen LogP contribution in [0.15, 0.2) is 53.7 Å². The number of piperidine rings is 1. The Morgan fingerprint density at radius 2 is 2.00 bits per heavy atom. The van der Waals surface area contributed by atoms with Gasteiger partial charge >= 0.3 is 0 Å². The van der Waals surface area contributed by atoms with E-state index in [-0.39, 0.29) is 10.9 Å². The van der Waals surface area contributed by atoms with Gasteiger partial charge < -0.3 is 0 Å². The second-order valence-corrected chi connectivity index (χ2v) is 8.25. The Kier molecular flexibility index (Phi) is 4.12. The highest BCUT2D eigenvalue weighted by molar-refractivity contribution is 7.89. The van der Waals surface area contributed by atoms with E-state index in [1.54, 1.807) is 18.3 Å². The first-order chi connectivity index (χ1) is 11.6. The predicted molar refractivity (Wildman–Crippen MR) is 92.0 cm³/mol. The lowest BCUT2D eigenvalue weighted by molar-refractivity contribution is 0.122. The monoisotopic (exact) mass is 343 g/mol. The van der Waals surface area contributed by atoms with Crippen LogP contribution in [0.2, 0.25) is 0 Å². The van der Waals surface area contributed by atoms with E-state index in [2.05, 4.69) is 38.9 Å². The zero-order valence-corrected chi connectivity index (χ0v) is 14.2. The molecule has 3 heterocycles. The summed E-state index contributed by atoms with van der Waals surface area (Å²) in [6.45, 7) is 1.99. The fraction of sp³-hybridized carbons (Fsp3) is 0.389. The van der Waals surface area contributed by atoms with Crippen molar-refractivity contribution in [1.82, 2.24) is 14.6 Å². The molecular formula is C18H21N3O2S. The van der Waals surface area contributed by atoms with Crippen LogP contribution in [0.3, 0.4) is 0 Å². The smallest absolute Gasteiger partial charge is 0.242 e. The first-order valence-electron chi connectivity index (χ1n) is 8.38. The van der Waals surface area contributed by atoms with Gasteiger partial charge in [0.25, 0.3) is 0 Å². The summed E-state index contributed by atoms with van der Waals surface area (Å²) in [4.78, 5) is 6.63. The number of hydrogen-bond donors (Lipinski definition) is 1. The molecule has 0 spiro atoms. The molecule has 0 aliphatic carbocycles. The Labute approximate surface area is 142 Å². The van der Waals surface area contributed by atoms with Crippen molar-refractivity contribution in [1.29, 1.82) is 0 Å². The molecule has 126 valence electrons. The van der Waals surface area contributed by atoms with Gasteiger partial charge in [0.05, 0.1) is 0 Å². The molecule has 1 fully saturated rings. The second kappa shape index (κ2) is 6.27. The summed E-state index contributed by atoms with van der Waals surface area (Å²) in [5.74, 6) is 0. The van der Waals surface area contributed by atoms with Gasteiger partial charge in [0, 0.05) is 37.6 Å². The van der Waals surface area contributed by atoms with Crippen LogP contribution in [0.5, 0.6) is 0 Å². The van der Waals surface area contributed by atoms with Gasteiger partial charge in [-0.1, -0.05) is 24.3 Å². The standard InChI is InChI=1S/C18H21N3O2S/c22-24(23,16-5-3-9-19-13-16)20-15-8-11-21-10-7-14-4-1-2-6-17(14)18(21)12-15/h1-6,9,13,15,18,20H,7-8,10-12H2. The number of pyridine rings is 1. The fourth-order valence-electron chi connectivity index (χ4n) is 3.86. The van der Waals surface area contributed by atoms with Gasteiger partial charge in [0.1, 0.15) is 4.90 Å². The van der Waals surface area contributed by atoms with Crippen molar-refractivity contribution in [2.24, 2.45) is 0 Å². The van der Waals surface area contributed by atoms with Gasteiger partial charge in [0.15, 0.2) is 0 Å². The van der Waals surface area contributed by atoms with Crippen molar-refractivity contribution in [3.63, 3.8) is 0 Å². The number of hydrogen-bond acceptors (Lipinski definition) is 4. The van der Waals surface area contributed by atoms with E-state index in [1.807, 2.05) is 0 Å². The third kappa shape index (κ3) is 2.97. The maximum atomic E-state index is 12.5. The van der Waals surface area contributed by atoms with Crippen molar-refractivity contribution in [2.75, 3.05) is 13.1 Å². The van der Waals surface area contributed by atoms with Gasteiger partial charge in [-0.05, 0) is 42.5 Å². The molecule has 24 heavy (non-hydrogen) atoms. The van der Waals surface area contributed by atoms with Crippen molar-refractivity contribution in [3.05, 3.63) is 59.9 Å². The number of aromatic nitrogens is 1. The van der Waals surface area contributed by atoms with Crippen LogP contribution in [0.1, 0.15) is 30.0 Å². The Morgan fingerprint density at radius 3 is 2.83 bits per heavy atom. The van der Waals surface area contributed by atoms with Crippen LogP contribution in [0, 0.1) is 0 Å². The number of nitrogens with one attached hydrogen (secondary N) is 1. The molecular weight excluding hydrogens is 322 g/mol. The molecule has 1 saturated heterocycles. The third-order valence-corrected chi connectivity index (χ3v) is 6.57. The molecule has 0 saturated carbocycles. The maximum Gasteiger partial charge on any atom is 0.242 e. The summed E-state index contributed by atoms with van der Waals surface area (Å²) < 4.78 is 28.0. The number of fused-ring (bicyclic) bond motifs is 3. The minimum atomic E-state index is -3.51. The molecule has 2 unspecified atom stereocenters. The molecule has 2 atom stereocenters. The third-order valence-electron chi connectivity index (χ3n) is 5.06. The lowest BCUT2D eigenvalue weighted by atomic mass is 9.85. The van der Waals surface area contributed by atoms with Crippen LogP contribution in [0.25, 0.3) is 0 Å². The molecule has 0 amide bonds. The van der Waals surface area contributed by atoms with Crippen molar-refractivity contribution >= 4 is 10.0 Å². The van der Waals surface area contributed by atoms with Gasteiger partial charge in [-0.3, -0.25) is 9.88 Å². The predicted octanol–water partition coefficient (Wildman–Crippen LogP) is 2.12. The Balaban J connectivity index is 1.54. The summed E-state index contributed by atoms with van der Waals surface area (Å²) in [5.41, 5.74) is 2.75. The van der Waals surface area contributed by atoms with Crippen LogP contribution < -0.4 is 4.72 Å². The van der Waals surface area contributed by atoms with E-state index in [4.69, 9.17) is 0 Å². The van der Waals surface area contributed by atoms with Crippen LogP contribution in [-0.4, -0.2) is 37.4 Å².